The van der Waals surface area contributed by atoms with Crippen molar-refractivity contribution < 1.29 is 4.39 Å². The summed E-state index contributed by atoms with van der Waals surface area (Å²) in [5.74, 6) is 0.851. The van der Waals surface area contributed by atoms with Crippen molar-refractivity contribution in [3.8, 4) is 0 Å². The zero-order valence-electron chi connectivity index (χ0n) is 12.6. The molecule has 22 heavy (non-hydrogen) atoms. The number of aromatic nitrogens is 5. The van der Waals surface area contributed by atoms with E-state index in [0.29, 0.717) is 28.5 Å². The smallest absolute Gasteiger partial charge is 0.226 e. The number of hydrogen-bond donors (Lipinski definition) is 1. The summed E-state index contributed by atoms with van der Waals surface area (Å²) in [6.45, 7) is 0.260. The normalized spacial score (nSPS) is 10.9. The molecular formula is C14H16FN7. The molecule has 8 heteroatoms. The molecule has 2 aromatic heterocycles. The molecule has 0 aliphatic carbocycles. The van der Waals surface area contributed by atoms with Crippen molar-refractivity contribution in [3.05, 3.63) is 35.6 Å². The van der Waals surface area contributed by atoms with Crippen molar-refractivity contribution in [1.29, 1.82) is 0 Å². The number of nitrogens with zero attached hydrogens (tertiary/aromatic N) is 6. The highest BCUT2D eigenvalue weighted by Crippen LogP contribution is 2.22. The summed E-state index contributed by atoms with van der Waals surface area (Å²) in [7, 11) is 5.49. The fraction of sp³-hybridized carbons (Fsp3) is 0.286. The maximum Gasteiger partial charge on any atom is 0.226 e. The van der Waals surface area contributed by atoms with E-state index in [2.05, 4.69) is 25.6 Å². The van der Waals surface area contributed by atoms with Crippen molar-refractivity contribution in [3.63, 3.8) is 0 Å². The Morgan fingerprint density at radius 1 is 1.23 bits per heavy atom. The minimum Gasteiger partial charge on any atom is -0.361 e. The molecule has 0 saturated carbocycles. The number of rotatable bonds is 4. The van der Waals surface area contributed by atoms with Gasteiger partial charge in [0.1, 0.15) is 5.82 Å². The number of hydrogen-bond acceptors (Lipinski definition) is 6. The fourth-order valence-electron chi connectivity index (χ4n) is 2.16. The summed E-state index contributed by atoms with van der Waals surface area (Å²) in [4.78, 5) is 10.6. The van der Waals surface area contributed by atoms with Gasteiger partial charge >= 0.3 is 0 Å². The summed E-state index contributed by atoms with van der Waals surface area (Å²) >= 11 is 0. The van der Waals surface area contributed by atoms with Crippen LogP contribution in [0.25, 0.3) is 11.2 Å². The standard InChI is InChI=1S/C14H16FN7/c1-16-14-17-12(21(2)3)11-13(18-14)22(20-19-11)8-9-6-4-5-7-10(9)15/h4-7H,8H2,1-3H3,(H,16,17,18). The van der Waals surface area contributed by atoms with Gasteiger partial charge in [0.15, 0.2) is 17.0 Å². The van der Waals surface area contributed by atoms with E-state index >= 15 is 0 Å². The number of anilines is 2. The second-order valence-corrected chi connectivity index (χ2v) is 5.03. The van der Waals surface area contributed by atoms with Gasteiger partial charge in [0.2, 0.25) is 5.95 Å². The van der Waals surface area contributed by atoms with Crippen LogP contribution in [0.5, 0.6) is 0 Å². The Kier molecular flexibility index (Phi) is 3.58. The lowest BCUT2D eigenvalue weighted by molar-refractivity contribution is 0.582. The first-order chi connectivity index (χ1) is 10.6. The molecule has 1 N–H and O–H groups in total. The summed E-state index contributed by atoms with van der Waals surface area (Å²) in [5, 5.41) is 11.1. The molecule has 2 heterocycles. The SMILES string of the molecule is CNc1nc(N(C)C)c2nnn(Cc3ccccc3F)c2n1. The lowest BCUT2D eigenvalue weighted by atomic mass is 10.2. The summed E-state index contributed by atoms with van der Waals surface area (Å²) < 4.78 is 15.4. The summed E-state index contributed by atoms with van der Waals surface area (Å²) in [6, 6.07) is 6.59. The third-order valence-corrected chi connectivity index (χ3v) is 3.27. The second kappa shape index (κ2) is 5.55. The third-order valence-electron chi connectivity index (χ3n) is 3.27. The number of nitrogens with one attached hydrogen (secondary N) is 1. The van der Waals surface area contributed by atoms with Gasteiger partial charge in [-0.1, -0.05) is 23.4 Å². The van der Waals surface area contributed by atoms with Crippen LogP contribution < -0.4 is 10.2 Å². The second-order valence-electron chi connectivity index (χ2n) is 5.03. The van der Waals surface area contributed by atoms with E-state index < -0.39 is 0 Å². The van der Waals surface area contributed by atoms with Gasteiger partial charge in [0.05, 0.1) is 6.54 Å². The Morgan fingerprint density at radius 3 is 2.68 bits per heavy atom. The minimum absolute atomic E-state index is 0.260. The lowest BCUT2D eigenvalue weighted by Crippen LogP contribution is -2.13. The molecule has 1 aromatic carbocycles. The lowest BCUT2D eigenvalue weighted by Gasteiger charge is -2.12. The highest BCUT2D eigenvalue weighted by molar-refractivity contribution is 5.83. The van der Waals surface area contributed by atoms with Crippen LogP contribution in [-0.2, 0) is 6.54 Å². The van der Waals surface area contributed by atoms with Crippen LogP contribution in [-0.4, -0.2) is 46.1 Å². The molecule has 0 aliphatic heterocycles. The van der Waals surface area contributed by atoms with Crippen LogP contribution in [0.2, 0.25) is 0 Å². The van der Waals surface area contributed by atoms with Crippen LogP contribution in [0.3, 0.4) is 0 Å². The van der Waals surface area contributed by atoms with Gasteiger partial charge in [0.25, 0.3) is 0 Å². The van der Waals surface area contributed by atoms with Gasteiger partial charge in [-0.3, -0.25) is 0 Å². The van der Waals surface area contributed by atoms with Crippen molar-refractivity contribution in [2.75, 3.05) is 31.4 Å². The van der Waals surface area contributed by atoms with E-state index in [1.54, 1.807) is 29.9 Å². The van der Waals surface area contributed by atoms with Gasteiger partial charge in [-0.2, -0.15) is 9.97 Å². The molecule has 7 nitrogen and oxygen atoms in total. The van der Waals surface area contributed by atoms with E-state index in [-0.39, 0.29) is 12.4 Å². The van der Waals surface area contributed by atoms with Crippen LogP contribution >= 0.6 is 0 Å². The Bertz CT molecular complexity index is 812. The number of halogens is 1. The van der Waals surface area contributed by atoms with Crippen molar-refractivity contribution in [2.24, 2.45) is 0 Å². The first-order valence-corrected chi connectivity index (χ1v) is 6.80. The Balaban J connectivity index is 2.11. The predicted octanol–water partition coefficient (Wildman–Crippen LogP) is 1.52. The molecular weight excluding hydrogens is 285 g/mol. The third kappa shape index (κ3) is 2.43. The molecule has 3 rings (SSSR count). The van der Waals surface area contributed by atoms with E-state index in [9.17, 15) is 4.39 Å². The summed E-state index contributed by atoms with van der Waals surface area (Å²) in [5.41, 5.74) is 1.68. The monoisotopic (exact) mass is 301 g/mol. The highest BCUT2D eigenvalue weighted by Gasteiger charge is 2.16. The maximum absolute atomic E-state index is 13.8. The average Bonchev–Trinajstić information content (AvgIpc) is 2.91. The van der Waals surface area contributed by atoms with Crippen molar-refractivity contribution in [1.82, 2.24) is 25.0 Å². The Morgan fingerprint density at radius 2 is 2.00 bits per heavy atom. The topological polar surface area (TPSA) is 71.8 Å². The first-order valence-electron chi connectivity index (χ1n) is 6.80. The van der Waals surface area contributed by atoms with E-state index in [0.717, 1.165) is 0 Å². The maximum atomic E-state index is 13.8. The van der Waals surface area contributed by atoms with E-state index in [1.165, 1.54) is 6.07 Å². The van der Waals surface area contributed by atoms with Gasteiger partial charge in [-0.15, -0.1) is 5.10 Å². The molecule has 0 radical (unpaired) electrons. The van der Waals surface area contributed by atoms with Crippen LogP contribution in [0.4, 0.5) is 16.2 Å². The molecule has 0 atom stereocenters. The zero-order valence-corrected chi connectivity index (χ0v) is 12.6. The molecule has 0 amide bonds. The molecule has 0 aliphatic rings. The van der Waals surface area contributed by atoms with E-state index in [1.807, 2.05) is 19.0 Å². The number of fused-ring (bicyclic) bond motifs is 1. The fourth-order valence-corrected chi connectivity index (χ4v) is 2.16. The molecule has 0 bridgehead atoms. The molecule has 3 aromatic rings. The molecule has 0 fully saturated rings. The van der Waals surface area contributed by atoms with Crippen molar-refractivity contribution in [2.45, 2.75) is 6.54 Å². The molecule has 0 spiro atoms. The average molecular weight is 301 g/mol. The summed E-state index contributed by atoms with van der Waals surface area (Å²) in [6.07, 6.45) is 0. The van der Waals surface area contributed by atoms with E-state index in [4.69, 9.17) is 0 Å². The highest BCUT2D eigenvalue weighted by atomic mass is 19.1. The van der Waals surface area contributed by atoms with Gasteiger partial charge < -0.3 is 10.2 Å². The largest absolute Gasteiger partial charge is 0.361 e. The molecule has 0 saturated heterocycles. The minimum atomic E-state index is -0.276. The van der Waals surface area contributed by atoms with Crippen LogP contribution in [0.15, 0.2) is 24.3 Å². The van der Waals surface area contributed by atoms with Gasteiger partial charge in [-0.05, 0) is 6.07 Å². The van der Waals surface area contributed by atoms with Gasteiger partial charge in [-0.25, -0.2) is 9.07 Å². The van der Waals surface area contributed by atoms with Crippen molar-refractivity contribution >= 4 is 22.9 Å². The van der Waals surface area contributed by atoms with Gasteiger partial charge in [0, 0.05) is 26.7 Å². The first kappa shape index (κ1) is 14.2. The van der Waals surface area contributed by atoms with Crippen LogP contribution in [0, 0.1) is 5.82 Å². The quantitative estimate of drug-likeness (QED) is 0.787. The zero-order chi connectivity index (χ0) is 15.7. The Hall–Kier alpha value is -2.77. The Labute approximate surface area is 126 Å². The molecule has 114 valence electrons. The molecule has 0 unspecified atom stereocenters. The predicted molar refractivity (Wildman–Crippen MR) is 82.5 cm³/mol. The van der Waals surface area contributed by atoms with Crippen LogP contribution in [0.1, 0.15) is 5.56 Å². The number of benzene rings is 1.